The molecular formula is C14H24N2O2. The van der Waals surface area contributed by atoms with E-state index < -0.39 is 0 Å². The van der Waals surface area contributed by atoms with E-state index in [-0.39, 0.29) is 12.6 Å². The average Bonchev–Trinajstić information content (AvgIpc) is 2.41. The second kappa shape index (κ2) is 9.05. The highest BCUT2D eigenvalue weighted by Gasteiger charge is 2.12. The predicted octanol–water partition coefficient (Wildman–Crippen LogP) is 1.19. The highest BCUT2D eigenvalue weighted by molar-refractivity contribution is 5.29. The van der Waals surface area contributed by atoms with Crippen molar-refractivity contribution in [3.8, 4) is 0 Å². The van der Waals surface area contributed by atoms with E-state index in [4.69, 9.17) is 15.6 Å². The van der Waals surface area contributed by atoms with Gasteiger partial charge in [0.25, 0.3) is 0 Å². The molecule has 1 aromatic carbocycles. The van der Waals surface area contributed by atoms with Crippen molar-refractivity contribution in [2.75, 3.05) is 26.8 Å². The van der Waals surface area contributed by atoms with Gasteiger partial charge < -0.3 is 20.9 Å². The SMILES string of the molecule is COCc1ccccc1C(CN)NCCCCO. The molecule has 0 aliphatic heterocycles. The van der Waals surface area contributed by atoms with Gasteiger partial charge in [-0.3, -0.25) is 0 Å². The maximum atomic E-state index is 8.75. The van der Waals surface area contributed by atoms with Gasteiger partial charge in [0.15, 0.2) is 0 Å². The summed E-state index contributed by atoms with van der Waals surface area (Å²) >= 11 is 0. The van der Waals surface area contributed by atoms with Crippen LogP contribution in [-0.2, 0) is 11.3 Å². The van der Waals surface area contributed by atoms with Gasteiger partial charge in [-0.2, -0.15) is 0 Å². The highest BCUT2D eigenvalue weighted by atomic mass is 16.5. The summed E-state index contributed by atoms with van der Waals surface area (Å²) in [6.45, 7) is 2.27. The lowest BCUT2D eigenvalue weighted by Crippen LogP contribution is -2.30. The van der Waals surface area contributed by atoms with Crippen LogP contribution in [0.1, 0.15) is 30.0 Å². The van der Waals surface area contributed by atoms with E-state index in [1.165, 1.54) is 11.1 Å². The lowest BCUT2D eigenvalue weighted by Gasteiger charge is -2.20. The molecule has 1 atom stereocenters. The smallest absolute Gasteiger partial charge is 0.0716 e. The summed E-state index contributed by atoms with van der Waals surface area (Å²) in [6, 6.07) is 8.33. The Morgan fingerprint density at radius 3 is 2.78 bits per heavy atom. The monoisotopic (exact) mass is 252 g/mol. The Balaban J connectivity index is 2.62. The summed E-state index contributed by atoms with van der Waals surface area (Å²) in [4.78, 5) is 0. The van der Waals surface area contributed by atoms with E-state index in [2.05, 4.69) is 17.4 Å². The third-order valence-corrected chi connectivity index (χ3v) is 2.94. The van der Waals surface area contributed by atoms with Crippen LogP contribution in [0.2, 0.25) is 0 Å². The average molecular weight is 252 g/mol. The summed E-state index contributed by atoms with van der Waals surface area (Å²) < 4.78 is 5.20. The van der Waals surface area contributed by atoms with Crippen LogP contribution in [0.3, 0.4) is 0 Å². The van der Waals surface area contributed by atoms with E-state index in [9.17, 15) is 0 Å². The minimum atomic E-state index is 0.148. The fraction of sp³-hybridized carbons (Fsp3) is 0.571. The first kappa shape index (κ1) is 15.1. The minimum absolute atomic E-state index is 0.148. The van der Waals surface area contributed by atoms with Gasteiger partial charge in [-0.1, -0.05) is 24.3 Å². The van der Waals surface area contributed by atoms with Crippen molar-refractivity contribution in [3.05, 3.63) is 35.4 Å². The molecule has 1 unspecified atom stereocenters. The second-order valence-electron chi connectivity index (χ2n) is 4.30. The van der Waals surface area contributed by atoms with Gasteiger partial charge in [0.05, 0.1) is 6.61 Å². The zero-order valence-corrected chi connectivity index (χ0v) is 11.1. The third kappa shape index (κ3) is 4.74. The second-order valence-corrected chi connectivity index (χ2v) is 4.30. The number of rotatable bonds is 9. The molecule has 0 aliphatic carbocycles. The number of nitrogens with two attached hydrogens (primary N) is 1. The third-order valence-electron chi connectivity index (χ3n) is 2.94. The molecule has 0 spiro atoms. The largest absolute Gasteiger partial charge is 0.396 e. The molecule has 4 heteroatoms. The lowest BCUT2D eigenvalue weighted by atomic mass is 10.0. The van der Waals surface area contributed by atoms with Crippen molar-refractivity contribution in [1.82, 2.24) is 5.32 Å². The van der Waals surface area contributed by atoms with Gasteiger partial charge in [0.2, 0.25) is 0 Å². The Bertz CT molecular complexity index is 331. The number of unbranched alkanes of at least 4 members (excludes halogenated alkanes) is 1. The topological polar surface area (TPSA) is 67.5 Å². The molecule has 0 radical (unpaired) electrons. The van der Waals surface area contributed by atoms with E-state index in [1.807, 2.05) is 12.1 Å². The number of aliphatic hydroxyl groups is 1. The lowest BCUT2D eigenvalue weighted by molar-refractivity contribution is 0.183. The van der Waals surface area contributed by atoms with Crippen molar-refractivity contribution in [2.24, 2.45) is 5.73 Å². The van der Waals surface area contributed by atoms with Crippen LogP contribution in [0.4, 0.5) is 0 Å². The first-order valence-corrected chi connectivity index (χ1v) is 6.44. The van der Waals surface area contributed by atoms with Crippen LogP contribution in [-0.4, -0.2) is 31.9 Å². The summed E-state index contributed by atoms with van der Waals surface area (Å²) in [5, 5.41) is 12.2. The van der Waals surface area contributed by atoms with E-state index in [1.54, 1.807) is 7.11 Å². The Labute approximate surface area is 109 Å². The van der Waals surface area contributed by atoms with Gasteiger partial charge in [0, 0.05) is 26.3 Å². The predicted molar refractivity (Wildman–Crippen MR) is 73.3 cm³/mol. The van der Waals surface area contributed by atoms with Crippen LogP contribution in [0, 0.1) is 0 Å². The van der Waals surface area contributed by atoms with E-state index >= 15 is 0 Å². The first-order chi connectivity index (χ1) is 8.83. The quantitative estimate of drug-likeness (QED) is 0.578. The Morgan fingerprint density at radius 2 is 2.11 bits per heavy atom. The van der Waals surface area contributed by atoms with Crippen LogP contribution in [0.5, 0.6) is 0 Å². The number of methoxy groups -OCH3 is 1. The summed E-state index contributed by atoms with van der Waals surface area (Å²) in [7, 11) is 1.70. The molecule has 102 valence electrons. The molecule has 0 fully saturated rings. The van der Waals surface area contributed by atoms with Crippen molar-refractivity contribution >= 4 is 0 Å². The summed E-state index contributed by atoms with van der Waals surface area (Å²) in [5.41, 5.74) is 8.20. The van der Waals surface area contributed by atoms with Crippen molar-refractivity contribution in [3.63, 3.8) is 0 Å². The Kier molecular flexibility index (Phi) is 7.60. The molecule has 0 saturated heterocycles. The molecule has 4 N–H and O–H groups in total. The Hall–Kier alpha value is -0.940. The maximum absolute atomic E-state index is 8.75. The molecule has 0 bridgehead atoms. The molecule has 0 heterocycles. The first-order valence-electron chi connectivity index (χ1n) is 6.44. The standard InChI is InChI=1S/C14H24N2O2/c1-18-11-12-6-2-3-7-13(12)14(10-15)16-8-4-5-9-17/h2-3,6-7,14,16-17H,4-5,8-11,15H2,1H3. The van der Waals surface area contributed by atoms with Crippen LogP contribution >= 0.6 is 0 Å². The van der Waals surface area contributed by atoms with Crippen molar-refractivity contribution in [1.29, 1.82) is 0 Å². The zero-order valence-electron chi connectivity index (χ0n) is 11.1. The molecule has 0 saturated carbocycles. The fourth-order valence-corrected chi connectivity index (χ4v) is 1.99. The molecule has 4 nitrogen and oxygen atoms in total. The number of hydrogen-bond donors (Lipinski definition) is 3. The number of nitrogens with one attached hydrogen (secondary N) is 1. The molecular weight excluding hydrogens is 228 g/mol. The summed E-state index contributed by atoms with van der Waals surface area (Å²) in [5.74, 6) is 0. The van der Waals surface area contributed by atoms with Gasteiger partial charge in [-0.05, 0) is 30.5 Å². The number of benzene rings is 1. The van der Waals surface area contributed by atoms with Gasteiger partial charge in [0.1, 0.15) is 0 Å². The molecule has 0 amide bonds. The van der Waals surface area contributed by atoms with E-state index in [0.717, 1.165) is 19.4 Å². The molecule has 0 aromatic heterocycles. The van der Waals surface area contributed by atoms with E-state index in [0.29, 0.717) is 13.2 Å². The molecule has 18 heavy (non-hydrogen) atoms. The molecule has 1 rings (SSSR count). The zero-order chi connectivity index (χ0) is 13.2. The molecule has 1 aromatic rings. The van der Waals surface area contributed by atoms with Crippen molar-refractivity contribution < 1.29 is 9.84 Å². The minimum Gasteiger partial charge on any atom is -0.396 e. The van der Waals surface area contributed by atoms with Gasteiger partial charge in [-0.15, -0.1) is 0 Å². The highest BCUT2D eigenvalue weighted by Crippen LogP contribution is 2.18. The van der Waals surface area contributed by atoms with Gasteiger partial charge >= 0.3 is 0 Å². The normalized spacial score (nSPS) is 12.6. The van der Waals surface area contributed by atoms with Gasteiger partial charge in [-0.25, -0.2) is 0 Å². The Morgan fingerprint density at radius 1 is 1.33 bits per heavy atom. The van der Waals surface area contributed by atoms with Crippen LogP contribution < -0.4 is 11.1 Å². The number of hydrogen-bond acceptors (Lipinski definition) is 4. The van der Waals surface area contributed by atoms with Crippen molar-refractivity contribution in [2.45, 2.75) is 25.5 Å². The molecule has 0 aliphatic rings. The maximum Gasteiger partial charge on any atom is 0.0716 e. The summed E-state index contributed by atoms with van der Waals surface area (Å²) in [6.07, 6.45) is 1.78. The van der Waals surface area contributed by atoms with Crippen LogP contribution in [0.25, 0.3) is 0 Å². The van der Waals surface area contributed by atoms with Crippen LogP contribution in [0.15, 0.2) is 24.3 Å². The number of ether oxygens (including phenoxy) is 1. The fourth-order valence-electron chi connectivity index (χ4n) is 1.99. The number of aliphatic hydroxyl groups excluding tert-OH is 1.